The van der Waals surface area contributed by atoms with Crippen LogP contribution in [0.4, 0.5) is 0 Å². The van der Waals surface area contributed by atoms with Crippen molar-refractivity contribution >= 4 is 11.6 Å². The molecule has 0 radical (unpaired) electrons. The van der Waals surface area contributed by atoms with Gasteiger partial charge >= 0.3 is 0 Å². The van der Waals surface area contributed by atoms with Crippen LogP contribution in [-0.4, -0.2) is 36.3 Å². The second-order valence-electron chi connectivity index (χ2n) is 8.25. The van der Waals surface area contributed by atoms with Crippen LogP contribution in [0.5, 0.6) is 5.75 Å². The van der Waals surface area contributed by atoms with E-state index < -0.39 is 0 Å². The Hall–Kier alpha value is -3.60. The van der Waals surface area contributed by atoms with Gasteiger partial charge < -0.3 is 14.5 Å². The van der Waals surface area contributed by atoms with Crippen LogP contribution < -0.4 is 4.74 Å². The maximum atomic E-state index is 13.7. The molecule has 5 heteroatoms. The number of benzene rings is 3. The van der Waals surface area contributed by atoms with E-state index in [9.17, 15) is 4.79 Å². The zero-order valence-corrected chi connectivity index (χ0v) is 19.2. The van der Waals surface area contributed by atoms with Gasteiger partial charge in [-0.2, -0.15) is 0 Å². The highest BCUT2D eigenvalue weighted by Crippen LogP contribution is 2.27. The van der Waals surface area contributed by atoms with E-state index in [0.717, 1.165) is 34.6 Å². The van der Waals surface area contributed by atoms with Gasteiger partial charge in [0.1, 0.15) is 5.75 Å². The minimum Gasteiger partial charge on any atom is -0.496 e. The average Bonchev–Trinajstić information content (AvgIpc) is 3.33. The summed E-state index contributed by atoms with van der Waals surface area (Å²) in [5.41, 5.74) is 3.91. The van der Waals surface area contributed by atoms with Crippen LogP contribution in [0.15, 0.2) is 90.1 Å². The summed E-state index contributed by atoms with van der Waals surface area (Å²) in [6.07, 6.45) is 1.16. The molecule has 0 spiro atoms. The van der Waals surface area contributed by atoms with Crippen molar-refractivity contribution < 1.29 is 14.4 Å². The van der Waals surface area contributed by atoms with Crippen LogP contribution in [0.25, 0.3) is 0 Å². The minimum atomic E-state index is -0.203. The topological polar surface area (TPSA) is 51.1 Å². The fraction of sp³-hybridized carbons (Fsp3) is 0.286. The molecule has 1 aliphatic rings. The van der Waals surface area contributed by atoms with E-state index in [2.05, 4.69) is 24.2 Å². The average molecular weight is 443 g/mol. The van der Waals surface area contributed by atoms with Gasteiger partial charge in [0, 0.05) is 18.5 Å². The number of carbonyl (C=O) groups excluding carboxylic acids is 1. The summed E-state index contributed by atoms with van der Waals surface area (Å²) in [6, 6.07) is 27.9. The Morgan fingerprint density at radius 2 is 1.70 bits per heavy atom. The number of carbonyl (C=O) groups is 1. The molecule has 2 unspecified atom stereocenters. The predicted octanol–water partition coefficient (Wildman–Crippen LogP) is 5.41. The molecule has 0 N–H and O–H groups in total. The first-order valence-corrected chi connectivity index (χ1v) is 11.4. The zero-order chi connectivity index (χ0) is 23.0. The Balaban J connectivity index is 1.53. The Morgan fingerprint density at radius 1 is 1.03 bits per heavy atom. The van der Waals surface area contributed by atoms with Crippen LogP contribution in [0, 0.1) is 0 Å². The molecule has 0 saturated carbocycles. The first-order valence-electron chi connectivity index (χ1n) is 11.4. The van der Waals surface area contributed by atoms with Crippen LogP contribution in [-0.2, 0) is 16.2 Å². The molecular weight excluding hydrogens is 412 g/mol. The molecule has 2 atom stereocenters. The lowest BCUT2D eigenvalue weighted by Crippen LogP contribution is -2.40. The van der Waals surface area contributed by atoms with E-state index in [-0.39, 0.29) is 17.9 Å². The number of hydrogen-bond donors (Lipinski definition) is 0. The quantitative estimate of drug-likeness (QED) is 0.445. The van der Waals surface area contributed by atoms with Gasteiger partial charge in [0.05, 0.1) is 25.3 Å². The monoisotopic (exact) mass is 442 g/mol. The van der Waals surface area contributed by atoms with Crippen molar-refractivity contribution in [2.24, 2.45) is 5.16 Å². The molecule has 3 aromatic rings. The number of para-hydroxylation sites is 1. The summed E-state index contributed by atoms with van der Waals surface area (Å²) in [7, 11) is 1.65. The lowest BCUT2D eigenvalue weighted by atomic mass is 9.94. The summed E-state index contributed by atoms with van der Waals surface area (Å²) in [5, 5.41) is 4.34. The van der Waals surface area contributed by atoms with E-state index in [4.69, 9.17) is 9.57 Å². The summed E-state index contributed by atoms with van der Waals surface area (Å²) in [6.45, 7) is 3.07. The van der Waals surface area contributed by atoms with E-state index >= 15 is 0 Å². The van der Waals surface area contributed by atoms with Crippen molar-refractivity contribution in [3.63, 3.8) is 0 Å². The van der Waals surface area contributed by atoms with Gasteiger partial charge in [0.25, 0.3) is 0 Å². The molecule has 4 rings (SSSR count). The fourth-order valence-electron chi connectivity index (χ4n) is 4.31. The molecule has 0 aromatic heterocycles. The Kier molecular flexibility index (Phi) is 7.40. The van der Waals surface area contributed by atoms with E-state index in [1.54, 1.807) is 7.11 Å². The van der Waals surface area contributed by atoms with Gasteiger partial charge in [-0.15, -0.1) is 0 Å². The molecule has 3 aromatic carbocycles. The molecule has 1 aliphatic heterocycles. The predicted molar refractivity (Wildman–Crippen MR) is 130 cm³/mol. The SMILES string of the molecule is CCC(C(=O)N(Cc1ccccc1)CC1CC(c2ccccc2OC)=NO1)c1ccccc1. The standard InChI is InChI=1S/C28H30N2O3/c1-3-24(22-14-8-5-9-15-22)28(31)30(19-21-12-6-4-7-13-21)20-23-18-26(29-33-23)25-16-10-11-17-27(25)32-2/h4-17,23-24H,3,18-20H2,1-2H3. The Morgan fingerprint density at radius 3 is 2.39 bits per heavy atom. The summed E-state index contributed by atoms with van der Waals surface area (Å²) in [4.78, 5) is 21.4. The highest BCUT2D eigenvalue weighted by molar-refractivity contribution is 6.03. The van der Waals surface area contributed by atoms with Gasteiger partial charge in [0.15, 0.2) is 6.10 Å². The molecular formula is C28H30N2O3. The number of methoxy groups -OCH3 is 1. The number of oxime groups is 1. The number of hydrogen-bond acceptors (Lipinski definition) is 4. The highest BCUT2D eigenvalue weighted by Gasteiger charge is 2.31. The second-order valence-corrected chi connectivity index (χ2v) is 8.25. The maximum absolute atomic E-state index is 13.7. The van der Waals surface area contributed by atoms with Crippen LogP contribution in [0.3, 0.4) is 0 Å². The summed E-state index contributed by atoms with van der Waals surface area (Å²) >= 11 is 0. The Bertz CT molecular complexity index is 1080. The fourth-order valence-corrected chi connectivity index (χ4v) is 4.31. The third-order valence-corrected chi connectivity index (χ3v) is 6.01. The molecule has 33 heavy (non-hydrogen) atoms. The molecule has 0 saturated heterocycles. The van der Waals surface area contributed by atoms with Crippen LogP contribution in [0.1, 0.15) is 42.4 Å². The van der Waals surface area contributed by atoms with E-state index in [1.807, 2.05) is 77.7 Å². The molecule has 170 valence electrons. The van der Waals surface area contributed by atoms with Gasteiger partial charge in [-0.05, 0) is 29.7 Å². The van der Waals surface area contributed by atoms with Crippen molar-refractivity contribution in [1.29, 1.82) is 0 Å². The largest absolute Gasteiger partial charge is 0.496 e. The summed E-state index contributed by atoms with van der Waals surface area (Å²) < 4.78 is 5.49. The van der Waals surface area contributed by atoms with E-state index in [0.29, 0.717) is 19.5 Å². The smallest absolute Gasteiger partial charge is 0.230 e. The van der Waals surface area contributed by atoms with Gasteiger partial charge in [-0.1, -0.05) is 84.9 Å². The van der Waals surface area contributed by atoms with Crippen molar-refractivity contribution in [2.45, 2.75) is 38.3 Å². The Labute approximate surface area is 195 Å². The van der Waals surface area contributed by atoms with Crippen LogP contribution >= 0.6 is 0 Å². The summed E-state index contributed by atoms with van der Waals surface area (Å²) in [5.74, 6) is 0.695. The van der Waals surface area contributed by atoms with Crippen molar-refractivity contribution in [1.82, 2.24) is 4.90 Å². The number of rotatable bonds is 9. The van der Waals surface area contributed by atoms with Crippen molar-refractivity contribution in [3.05, 3.63) is 102 Å². The maximum Gasteiger partial charge on any atom is 0.230 e. The zero-order valence-electron chi connectivity index (χ0n) is 19.2. The molecule has 5 nitrogen and oxygen atoms in total. The van der Waals surface area contributed by atoms with Crippen LogP contribution in [0.2, 0.25) is 0 Å². The number of amides is 1. The molecule has 1 heterocycles. The normalized spacial score (nSPS) is 15.9. The molecule has 0 aliphatic carbocycles. The molecule has 0 fully saturated rings. The van der Waals surface area contributed by atoms with E-state index in [1.165, 1.54) is 0 Å². The van der Waals surface area contributed by atoms with Crippen molar-refractivity contribution in [3.8, 4) is 5.75 Å². The first kappa shape index (κ1) is 22.6. The lowest BCUT2D eigenvalue weighted by Gasteiger charge is -2.29. The highest BCUT2D eigenvalue weighted by atomic mass is 16.6. The first-order chi connectivity index (χ1) is 16.2. The minimum absolute atomic E-state index is 0.113. The van der Waals surface area contributed by atoms with Gasteiger partial charge in [-0.25, -0.2) is 0 Å². The van der Waals surface area contributed by atoms with Gasteiger partial charge in [0.2, 0.25) is 5.91 Å². The third-order valence-electron chi connectivity index (χ3n) is 6.01. The number of ether oxygens (including phenoxy) is 1. The second kappa shape index (κ2) is 10.8. The molecule has 1 amide bonds. The van der Waals surface area contributed by atoms with Gasteiger partial charge in [-0.3, -0.25) is 4.79 Å². The lowest BCUT2D eigenvalue weighted by molar-refractivity contribution is -0.135. The third kappa shape index (κ3) is 5.43. The molecule has 0 bridgehead atoms. The number of nitrogens with zero attached hydrogens (tertiary/aromatic N) is 2. The van der Waals surface area contributed by atoms with Crippen molar-refractivity contribution in [2.75, 3.05) is 13.7 Å².